The Hall–Kier alpha value is -2.27. The lowest BCUT2D eigenvalue weighted by molar-refractivity contribution is 0.245. The highest BCUT2D eigenvalue weighted by atomic mass is 15.2. The Morgan fingerprint density at radius 3 is 2.90 bits per heavy atom. The minimum atomic E-state index is 0.253. The maximum absolute atomic E-state index is 4.42. The number of hydrogen-bond acceptors (Lipinski definition) is 4. The van der Waals surface area contributed by atoms with Crippen molar-refractivity contribution in [3.05, 3.63) is 60.6 Å². The molecule has 0 N–H and O–H groups in total. The van der Waals surface area contributed by atoms with Gasteiger partial charge in [-0.2, -0.15) is 0 Å². The van der Waals surface area contributed by atoms with E-state index < -0.39 is 0 Å². The topological polar surface area (TPSA) is 46.3 Å². The summed E-state index contributed by atoms with van der Waals surface area (Å²) in [6, 6.07) is 6.27. The van der Waals surface area contributed by atoms with Crippen molar-refractivity contribution >= 4 is 5.65 Å². The maximum atomic E-state index is 4.42. The van der Waals surface area contributed by atoms with Gasteiger partial charge in [-0.05, 0) is 26.1 Å². The summed E-state index contributed by atoms with van der Waals surface area (Å²) in [6.45, 7) is 2.97. The van der Waals surface area contributed by atoms with Gasteiger partial charge in [-0.1, -0.05) is 6.07 Å². The monoisotopic (exact) mass is 267 g/mol. The van der Waals surface area contributed by atoms with Crippen LogP contribution in [0.15, 0.2) is 49.2 Å². The van der Waals surface area contributed by atoms with E-state index in [2.05, 4.69) is 44.3 Å². The molecule has 3 rings (SSSR count). The lowest BCUT2D eigenvalue weighted by Gasteiger charge is -2.23. The Morgan fingerprint density at radius 1 is 1.20 bits per heavy atom. The largest absolute Gasteiger partial charge is 0.300 e. The Bertz CT molecular complexity index is 692. The first kappa shape index (κ1) is 12.7. The second kappa shape index (κ2) is 5.38. The van der Waals surface area contributed by atoms with E-state index in [4.69, 9.17) is 0 Å². The van der Waals surface area contributed by atoms with Gasteiger partial charge in [0.15, 0.2) is 5.65 Å². The number of pyridine rings is 1. The number of fused-ring (bicyclic) bond motifs is 1. The second-order valence-electron chi connectivity index (χ2n) is 4.90. The van der Waals surface area contributed by atoms with Gasteiger partial charge in [-0.15, -0.1) is 0 Å². The van der Waals surface area contributed by atoms with Gasteiger partial charge in [0, 0.05) is 31.2 Å². The van der Waals surface area contributed by atoms with E-state index in [0.717, 1.165) is 23.6 Å². The molecule has 0 radical (unpaired) electrons. The normalized spacial score (nSPS) is 12.9. The van der Waals surface area contributed by atoms with Gasteiger partial charge in [0.1, 0.15) is 0 Å². The van der Waals surface area contributed by atoms with Crippen LogP contribution >= 0.6 is 0 Å². The quantitative estimate of drug-likeness (QED) is 0.728. The van der Waals surface area contributed by atoms with Crippen molar-refractivity contribution in [2.75, 3.05) is 7.05 Å². The van der Waals surface area contributed by atoms with Crippen molar-refractivity contribution < 1.29 is 0 Å². The highest BCUT2D eigenvalue weighted by Crippen LogP contribution is 2.18. The zero-order valence-corrected chi connectivity index (χ0v) is 11.6. The van der Waals surface area contributed by atoms with Gasteiger partial charge in [-0.3, -0.25) is 19.3 Å². The summed E-state index contributed by atoms with van der Waals surface area (Å²) >= 11 is 0. The standard InChI is InChI=1S/C15H17N5/c1-12(14-5-3-4-6-17-14)19(2)11-13-9-18-15-10-16-7-8-20(13)15/h3-10,12H,11H2,1-2H3. The van der Waals surface area contributed by atoms with E-state index in [1.165, 1.54) is 0 Å². The summed E-state index contributed by atoms with van der Waals surface area (Å²) in [6.07, 6.45) is 9.22. The van der Waals surface area contributed by atoms with E-state index in [1.807, 2.05) is 30.7 Å². The minimum Gasteiger partial charge on any atom is -0.300 e. The number of imidazole rings is 1. The lowest BCUT2D eigenvalue weighted by Crippen LogP contribution is -2.23. The average molecular weight is 267 g/mol. The van der Waals surface area contributed by atoms with Gasteiger partial charge in [-0.25, -0.2) is 4.98 Å². The van der Waals surface area contributed by atoms with Crippen molar-refractivity contribution in [3.63, 3.8) is 0 Å². The van der Waals surface area contributed by atoms with Crippen LogP contribution in [0.4, 0.5) is 0 Å². The number of aromatic nitrogens is 4. The second-order valence-corrected chi connectivity index (χ2v) is 4.90. The van der Waals surface area contributed by atoms with E-state index in [-0.39, 0.29) is 6.04 Å². The van der Waals surface area contributed by atoms with Crippen LogP contribution in [0, 0.1) is 0 Å². The third-order valence-corrected chi connectivity index (χ3v) is 3.58. The molecule has 0 amide bonds. The maximum Gasteiger partial charge on any atom is 0.155 e. The number of hydrogen-bond donors (Lipinski definition) is 0. The van der Waals surface area contributed by atoms with Crippen LogP contribution in [0.25, 0.3) is 5.65 Å². The van der Waals surface area contributed by atoms with Crippen LogP contribution in [-0.4, -0.2) is 31.3 Å². The van der Waals surface area contributed by atoms with Crippen molar-refractivity contribution in [2.24, 2.45) is 0 Å². The van der Waals surface area contributed by atoms with E-state index in [1.54, 1.807) is 12.4 Å². The van der Waals surface area contributed by atoms with Crippen LogP contribution in [0.5, 0.6) is 0 Å². The molecule has 20 heavy (non-hydrogen) atoms. The predicted molar refractivity (Wildman–Crippen MR) is 77.1 cm³/mol. The van der Waals surface area contributed by atoms with Crippen molar-refractivity contribution in [1.82, 2.24) is 24.3 Å². The van der Waals surface area contributed by atoms with Gasteiger partial charge >= 0.3 is 0 Å². The first-order chi connectivity index (χ1) is 9.75. The molecule has 3 aromatic heterocycles. The summed E-state index contributed by atoms with van der Waals surface area (Å²) in [7, 11) is 2.10. The first-order valence-corrected chi connectivity index (χ1v) is 6.63. The molecule has 3 aromatic rings. The molecule has 5 heteroatoms. The third-order valence-electron chi connectivity index (χ3n) is 3.58. The Kier molecular flexibility index (Phi) is 3.43. The van der Waals surface area contributed by atoms with E-state index in [9.17, 15) is 0 Å². The van der Waals surface area contributed by atoms with Crippen LogP contribution in [0.1, 0.15) is 24.4 Å². The Balaban J connectivity index is 1.80. The lowest BCUT2D eigenvalue weighted by atomic mass is 10.2. The molecule has 1 atom stereocenters. The Morgan fingerprint density at radius 2 is 2.10 bits per heavy atom. The highest BCUT2D eigenvalue weighted by molar-refractivity contribution is 5.36. The van der Waals surface area contributed by atoms with Crippen LogP contribution in [0.2, 0.25) is 0 Å². The third kappa shape index (κ3) is 2.40. The van der Waals surface area contributed by atoms with E-state index in [0.29, 0.717) is 0 Å². The minimum absolute atomic E-state index is 0.253. The molecule has 0 saturated carbocycles. The highest BCUT2D eigenvalue weighted by Gasteiger charge is 2.14. The molecule has 0 aromatic carbocycles. The molecule has 0 fully saturated rings. The molecule has 0 aliphatic rings. The summed E-state index contributed by atoms with van der Waals surface area (Å²) in [5, 5.41) is 0. The van der Waals surface area contributed by atoms with Crippen molar-refractivity contribution in [1.29, 1.82) is 0 Å². The van der Waals surface area contributed by atoms with E-state index >= 15 is 0 Å². The molecule has 0 aliphatic heterocycles. The summed E-state index contributed by atoms with van der Waals surface area (Å²) in [5.41, 5.74) is 3.10. The molecule has 102 valence electrons. The first-order valence-electron chi connectivity index (χ1n) is 6.63. The average Bonchev–Trinajstić information content (AvgIpc) is 2.91. The van der Waals surface area contributed by atoms with Gasteiger partial charge in [0.25, 0.3) is 0 Å². The number of nitrogens with zero attached hydrogens (tertiary/aromatic N) is 5. The summed E-state index contributed by atoms with van der Waals surface area (Å²) in [5.74, 6) is 0. The molecule has 1 unspecified atom stereocenters. The fourth-order valence-electron chi connectivity index (χ4n) is 2.25. The van der Waals surface area contributed by atoms with Gasteiger partial charge in [0.2, 0.25) is 0 Å². The fourth-order valence-corrected chi connectivity index (χ4v) is 2.25. The summed E-state index contributed by atoms with van der Waals surface area (Å²) < 4.78 is 2.06. The van der Waals surface area contributed by atoms with Crippen LogP contribution in [-0.2, 0) is 6.54 Å². The molecule has 0 spiro atoms. The fraction of sp³-hybridized carbons (Fsp3) is 0.267. The molecule has 0 aliphatic carbocycles. The molecule has 3 heterocycles. The zero-order chi connectivity index (χ0) is 13.9. The van der Waals surface area contributed by atoms with Gasteiger partial charge < -0.3 is 0 Å². The molecule has 5 nitrogen and oxygen atoms in total. The molecule has 0 saturated heterocycles. The van der Waals surface area contributed by atoms with Gasteiger partial charge in [0.05, 0.1) is 23.8 Å². The molecule has 0 bridgehead atoms. The van der Waals surface area contributed by atoms with Crippen molar-refractivity contribution in [2.45, 2.75) is 19.5 Å². The Labute approximate surface area is 117 Å². The van der Waals surface area contributed by atoms with Crippen LogP contribution in [0.3, 0.4) is 0 Å². The summed E-state index contributed by atoms with van der Waals surface area (Å²) in [4.78, 5) is 15.1. The smallest absolute Gasteiger partial charge is 0.155 e. The predicted octanol–water partition coefficient (Wildman–Crippen LogP) is 2.32. The SMILES string of the molecule is CC(c1ccccn1)N(C)Cc1cnc2cnccn12. The molecular formula is C15H17N5. The zero-order valence-electron chi connectivity index (χ0n) is 11.6. The van der Waals surface area contributed by atoms with Crippen LogP contribution < -0.4 is 0 Å². The molecular weight excluding hydrogens is 250 g/mol. The number of rotatable bonds is 4. The van der Waals surface area contributed by atoms with Crippen molar-refractivity contribution in [3.8, 4) is 0 Å².